The van der Waals surface area contributed by atoms with Crippen molar-refractivity contribution in [1.82, 2.24) is 9.71 Å². The summed E-state index contributed by atoms with van der Waals surface area (Å²) in [5.41, 5.74) is 2.03. The number of rotatable bonds is 6. The van der Waals surface area contributed by atoms with Gasteiger partial charge in [0.05, 0.1) is 6.10 Å². The molecule has 0 fully saturated rings. The normalized spacial score (nSPS) is 13.0. The maximum atomic E-state index is 12.2. The maximum absolute atomic E-state index is 12.2. The molecule has 1 aromatic carbocycles. The molecular weight excluding hydrogens is 288 g/mol. The van der Waals surface area contributed by atoms with Crippen LogP contribution in [0.3, 0.4) is 0 Å². The van der Waals surface area contributed by atoms with Crippen LogP contribution in [-0.2, 0) is 14.8 Å². The van der Waals surface area contributed by atoms with Crippen LogP contribution in [0.4, 0.5) is 0 Å². The van der Waals surface area contributed by atoms with Gasteiger partial charge in [0.25, 0.3) is 0 Å². The van der Waals surface area contributed by atoms with Crippen molar-refractivity contribution in [2.24, 2.45) is 0 Å². The lowest BCUT2D eigenvalue weighted by atomic mass is 10.0. The van der Waals surface area contributed by atoms with Gasteiger partial charge in [0.15, 0.2) is 0 Å². The number of hydrogen-bond acceptors (Lipinski definition) is 4. The monoisotopic (exact) mass is 306 g/mol. The first-order valence-corrected chi connectivity index (χ1v) is 8.01. The average molecular weight is 306 g/mol. The van der Waals surface area contributed by atoms with Gasteiger partial charge in [-0.1, -0.05) is 24.3 Å². The smallest absolute Gasteiger partial charge is 0.242 e. The highest BCUT2D eigenvalue weighted by atomic mass is 32.2. The minimum absolute atomic E-state index is 0.143. The van der Waals surface area contributed by atoms with Crippen molar-refractivity contribution in [3.05, 3.63) is 59.9 Å². The number of hydrogen-bond donors (Lipinski definition) is 1. The average Bonchev–Trinajstić information content (AvgIpc) is 2.50. The molecule has 0 radical (unpaired) electrons. The van der Waals surface area contributed by atoms with Crippen molar-refractivity contribution in [3.8, 4) is 0 Å². The molecule has 1 N–H and O–H groups in total. The van der Waals surface area contributed by atoms with E-state index >= 15 is 0 Å². The van der Waals surface area contributed by atoms with E-state index in [1.807, 2.05) is 31.2 Å². The lowest BCUT2D eigenvalue weighted by molar-refractivity contribution is 0.107. The summed E-state index contributed by atoms with van der Waals surface area (Å²) in [6.45, 7) is 2.13. The molecular formula is C15H18N2O3S. The van der Waals surface area contributed by atoms with E-state index in [0.717, 1.165) is 11.1 Å². The first kappa shape index (κ1) is 15.6. The summed E-state index contributed by atoms with van der Waals surface area (Å²) in [5, 5.41) is 0. The Balaban J connectivity index is 2.13. The van der Waals surface area contributed by atoms with Gasteiger partial charge < -0.3 is 4.74 Å². The molecule has 6 heteroatoms. The molecule has 2 aromatic rings. The molecule has 0 unspecified atom stereocenters. The highest BCUT2D eigenvalue weighted by Gasteiger charge is 2.18. The molecule has 0 bridgehead atoms. The Morgan fingerprint density at radius 1 is 1.24 bits per heavy atom. The van der Waals surface area contributed by atoms with Gasteiger partial charge in [-0.05, 0) is 30.2 Å². The molecule has 1 aromatic heterocycles. The first-order chi connectivity index (χ1) is 10.0. The van der Waals surface area contributed by atoms with Crippen LogP contribution in [0.15, 0.2) is 53.7 Å². The largest absolute Gasteiger partial charge is 0.375 e. The number of nitrogens with one attached hydrogen (secondary N) is 1. The van der Waals surface area contributed by atoms with E-state index in [-0.39, 0.29) is 17.5 Å². The maximum Gasteiger partial charge on any atom is 0.242 e. The van der Waals surface area contributed by atoms with E-state index in [1.165, 1.54) is 18.5 Å². The van der Waals surface area contributed by atoms with Crippen LogP contribution < -0.4 is 4.72 Å². The van der Waals surface area contributed by atoms with Crippen LogP contribution in [0, 0.1) is 6.92 Å². The fourth-order valence-corrected chi connectivity index (χ4v) is 3.04. The topological polar surface area (TPSA) is 68.3 Å². The number of aryl methyl sites for hydroxylation is 1. The molecule has 0 amide bonds. The second-order valence-electron chi connectivity index (χ2n) is 4.62. The zero-order valence-electron chi connectivity index (χ0n) is 12.0. The van der Waals surface area contributed by atoms with Crippen LogP contribution in [0.25, 0.3) is 0 Å². The van der Waals surface area contributed by atoms with E-state index in [4.69, 9.17) is 4.74 Å². The van der Waals surface area contributed by atoms with Crippen LogP contribution in [0.5, 0.6) is 0 Å². The number of sulfonamides is 1. The summed E-state index contributed by atoms with van der Waals surface area (Å²) in [5.74, 6) is 0. The zero-order chi connectivity index (χ0) is 15.3. The molecule has 112 valence electrons. The summed E-state index contributed by atoms with van der Waals surface area (Å²) < 4.78 is 32.3. The Morgan fingerprint density at radius 2 is 2.00 bits per heavy atom. The molecule has 0 spiro atoms. The van der Waals surface area contributed by atoms with Gasteiger partial charge in [-0.3, -0.25) is 4.98 Å². The molecule has 0 aliphatic carbocycles. The number of benzene rings is 1. The SMILES string of the molecule is CO[C@@H](CNS(=O)(=O)c1cccnc1)c1ccccc1C. The first-order valence-electron chi connectivity index (χ1n) is 6.52. The lowest BCUT2D eigenvalue weighted by Crippen LogP contribution is -2.29. The molecule has 1 heterocycles. The second kappa shape index (κ2) is 6.80. The number of methoxy groups -OCH3 is 1. The van der Waals surface area contributed by atoms with Crippen LogP contribution >= 0.6 is 0 Å². The Bertz CT molecular complexity index is 687. The van der Waals surface area contributed by atoms with Gasteiger partial charge in [0.1, 0.15) is 4.90 Å². The summed E-state index contributed by atoms with van der Waals surface area (Å²) >= 11 is 0. The van der Waals surface area contributed by atoms with Crippen molar-refractivity contribution in [2.75, 3.05) is 13.7 Å². The zero-order valence-corrected chi connectivity index (χ0v) is 12.8. The minimum Gasteiger partial charge on any atom is -0.375 e. The molecule has 0 aliphatic heterocycles. The second-order valence-corrected chi connectivity index (χ2v) is 6.39. The van der Waals surface area contributed by atoms with Crippen molar-refractivity contribution in [2.45, 2.75) is 17.9 Å². The Labute approximate surface area is 125 Å². The molecule has 1 atom stereocenters. The van der Waals surface area contributed by atoms with E-state index in [9.17, 15) is 8.42 Å². The molecule has 5 nitrogen and oxygen atoms in total. The standard InChI is InChI=1S/C15H18N2O3S/c1-12-6-3-4-8-14(12)15(20-2)11-17-21(18,19)13-7-5-9-16-10-13/h3-10,15,17H,11H2,1-2H3/t15-/m0/s1. The van der Waals surface area contributed by atoms with Gasteiger partial charge in [-0.2, -0.15) is 0 Å². The number of ether oxygens (including phenoxy) is 1. The van der Waals surface area contributed by atoms with Crippen molar-refractivity contribution < 1.29 is 13.2 Å². The Kier molecular flexibility index (Phi) is 5.06. The highest BCUT2D eigenvalue weighted by molar-refractivity contribution is 7.89. The minimum atomic E-state index is -3.58. The van der Waals surface area contributed by atoms with Gasteiger partial charge >= 0.3 is 0 Å². The third-order valence-corrected chi connectivity index (χ3v) is 4.63. The van der Waals surface area contributed by atoms with Gasteiger partial charge in [0.2, 0.25) is 10.0 Å². The predicted molar refractivity (Wildman–Crippen MR) is 80.4 cm³/mol. The van der Waals surface area contributed by atoms with E-state index < -0.39 is 10.0 Å². The van der Waals surface area contributed by atoms with Crippen LogP contribution in [0.1, 0.15) is 17.2 Å². The number of pyridine rings is 1. The number of nitrogens with zero attached hydrogens (tertiary/aromatic N) is 1. The van der Waals surface area contributed by atoms with Crippen molar-refractivity contribution in [1.29, 1.82) is 0 Å². The van der Waals surface area contributed by atoms with Gasteiger partial charge in [-0.15, -0.1) is 0 Å². The predicted octanol–water partition coefficient (Wildman–Crippen LogP) is 2.06. The van der Waals surface area contributed by atoms with Crippen LogP contribution in [-0.4, -0.2) is 27.1 Å². The molecule has 2 rings (SSSR count). The third kappa shape index (κ3) is 3.87. The lowest BCUT2D eigenvalue weighted by Gasteiger charge is -2.18. The van der Waals surface area contributed by atoms with E-state index in [1.54, 1.807) is 13.2 Å². The Hall–Kier alpha value is -1.76. The summed E-state index contributed by atoms with van der Waals surface area (Å²) in [7, 11) is -2.01. The Morgan fingerprint density at radius 3 is 2.62 bits per heavy atom. The third-order valence-electron chi connectivity index (χ3n) is 3.22. The van der Waals surface area contributed by atoms with E-state index in [2.05, 4.69) is 9.71 Å². The summed E-state index contributed by atoms with van der Waals surface area (Å²) in [4.78, 5) is 3.96. The quantitative estimate of drug-likeness (QED) is 0.887. The van der Waals surface area contributed by atoms with Gasteiger partial charge in [-0.25, -0.2) is 13.1 Å². The van der Waals surface area contributed by atoms with Gasteiger partial charge in [0, 0.05) is 26.0 Å². The fourth-order valence-electron chi connectivity index (χ4n) is 2.04. The number of aromatic nitrogens is 1. The summed E-state index contributed by atoms with van der Waals surface area (Å²) in [6.07, 6.45) is 2.51. The van der Waals surface area contributed by atoms with Crippen LogP contribution in [0.2, 0.25) is 0 Å². The molecule has 0 saturated heterocycles. The highest BCUT2D eigenvalue weighted by Crippen LogP contribution is 2.20. The molecule has 0 saturated carbocycles. The van der Waals surface area contributed by atoms with Crippen molar-refractivity contribution in [3.63, 3.8) is 0 Å². The van der Waals surface area contributed by atoms with Crippen molar-refractivity contribution >= 4 is 10.0 Å². The summed E-state index contributed by atoms with van der Waals surface area (Å²) in [6, 6.07) is 10.8. The molecule has 0 aliphatic rings. The van der Waals surface area contributed by atoms with E-state index in [0.29, 0.717) is 0 Å². The fraction of sp³-hybridized carbons (Fsp3) is 0.267. The molecule has 21 heavy (non-hydrogen) atoms.